The van der Waals surface area contributed by atoms with Gasteiger partial charge in [-0.1, -0.05) is 32.9 Å². The summed E-state index contributed by atoms with van der Waals surface area (Å²) in [4.78, 5) is 11.8. The minimum Gasteiger partial charge on any atom is -0.477 e. The van der Waals surface area contributed by atoms with E-state index in [2.05, 4.69) is 0 Å². The summed E-state index contributed by atoms with van der Waals surface area (Å²) >= 11 is 0. The van der Waals surface area contributed by atoms with Gasteiger partial charge in [0.15, 0.2) is 6.10 Å². The van der Waals surface area contributed by atoms with E-state index in [0.29, 0.717) is 30.4 Å². The third kappa shape index (κ3) is 4.28. The first-order valence-electron chi connectivity index (χ1n) is 6.22. The molecule has 1 rings (SSSR count). The standard InChI is InChI=1S/C14H21NO3/c1-4-12(14(16)17-9-10(2)3)18-13-8-6-5-7-11(13)15/h5-8,10,12H,4,9,15H2,1-3H3. The maximum absolute atomic E-state index is 11.8. The third-order valence-corrected chi connectivity index (χ3v) is 2.38. The van der Waals surface area contributed by atoms with E-state index in [0.717, 1.165) is 0 Å². The maximum Gasteiger partial charge on any atom is 0.347 e. The molecule has 0 saturated carbocycles. The molecule has 0 heterocycles. The predicted octanol–water partition coefficient (Wildman–Crippen LogP) is 2.63. The molecule has 0 aliphatic heterocycles. The zero-order valence-corrected chi connectivity index (χ0v) is 11.2. The maximum atomic E-state index is 11.8. The molecule has 0 aliphatic rings. The molecule has 4 heteroatoms. The van der Waals surface area contributed by atoms with Gasteiger partial charge in [-0.3, -0.25) is 0 Å². The zero-order valence-electron chi connectivity index (χ0n) is 11.2. The zero-order chi connectivity index (χ0) is 13.5. The Bertz CT molecular complexity index is 390. The van der Waals surface area contributed by atoms with Crippen molar-refractivity contribution in [1.29, 1.82) is 0 Å². The highest BCUT2D eigenvalue weighted by atomic mass is 16.6. The highest BCUT2D eigenvalue weighted by Crippen LogP contribution is 2.22. The number of hydrogen-bond acceptors (Lipinski definition) is 4. The molecule has 2 N–H and O–H groups in total. The van der Waals surface area contributed by atoms with E-state index in [1.54, 1.807) is 12.1 Å². The molecule has 4 nitrogen and oxygen atoms in total. The number of anilines is 1. The number of nitrogens with two attached hydrogens (primary N) is 1. The quantitative estimate of drug-likeness (QED) is 0.623. The molecule has 1 atom stereocenters. The number of benzene rings is 1. The van der Waals surface area contributed by atoms with Crippen LogP contribution in [-0.2, 0) is 9.53 Å². The molecule has 0 radical (unpaired) electrons. The molecule has 1 aromatic rings. The molecule has 1 aromatic carbocycles. The van der Waals surface area contributed by atoms with Crippen LogP contribution >= 0.6 is 0 Å². The van der Waals surface area contributed by atoms with E-state index >= 15 is 0 Å². The Labute approximate surface area is 108 Å². The Hall–Kier alpha value is -1.71. The van der Waals surface area contributed by atoms with E-state index in [1.165, 1.54) is 0 Å². The molecule has 0 aliphatic carbocycles. The molecule has 18 heavy (non-hydrogen) atoms. The van der Waals surface area contributed by atoms with E-state index in [4.69, 9.17) is 15.2 Å². The minimum atomic E-state index is -0.603. The van der Waals surface area contributed by atoms with E-state index in [1.807, 2.05) is 32.9 Å². The van der Waals surface area contributed by atoms with E-state index < -0.39 is 6.10 Å². The lowest BCUT2D eigenvalue weighted by Gasteiger charge is -2.18. The Morgan fingerprint density at radius 2 is 2.00 bits per heavy atom. The second-order valence-corrected chi connectivity index (χ2v) is 4.58. The van der Waals surface area contributed by atoms with Gasteiger partial charge in [0.05, 0.1) is 12.3 Å². The highest BCUT2D eigenvalue weighted by Gasteiger charge is 2.21. The molecule has 0 fully saturated rings. The van der Waals surface area contributed by atoms with Crippen LogP contribution in [0, 0.1) is 5.92 Å². The van der Waals surface area contributed by atoms with Crippen molar-refractivity contribution < 1.29 is 14.3 Å². The van der Waals surface area contributed by atoms with Crippen molar-refractivity contribution in [3.63, 3.8) is 0 Å². The van der Waals surface area contributed by atoms with Crippen molar-refractivity contribution in [2.75, 3.05) is 12.3 Å². The number of carbonyl (C=O) groups excluding carboxylic acids is 1. The van der Waals surface area contributed by atoms with Gasteiger partial charge in [0, 0.05) is 0 Å². The van der Waals surface area contributed by atoms with Crippen molar-refractivity contribution in [1.82, 2.24) is 0 Å². The largest absolute Gasteiger partial charge is 0.477 e. The van der Waals surface area contributed by atoms with Gasteiger partial charge in [-0.05, 0) is 24.5 Å². The van der Waals surface area contributed by atoms with E-state index in [-0.39, 0.29) is 5.97 Å². The number of carbonyl (C=O) groups is 1. The van der Waals surface area contributed by atoms with Gasteiger partial charge in [0.2, 0.25) is 0 Å². The minimum absolute atomic E-state index is 0.313. The topological polar surface area (TPSA) is 61.5 Å². The lowest BCUT2D eigenvalue weighted by atomic mass is 10.2. The second-order valence-electron chi connectivity index (χ2n) is 4.58. The van der Waals surface area contributed by atoms with Gasteiger partial charge in [0.1, 0.15) is 5.75 Å². The fourth-order valence-corrected chi connectivity index (χ4v) is 1.38. The summed E-state index contributed by atoms with van der Waals surface area (Å²) in [5, 5.41) is 0. The lowest BCUT2D eigenvalue weighted by molar-refractivity contribution is -0.153. The third-order valence-electron chi connectivity index (χ3n) is 2.38. The van der Waals surface area contributed by atoms with Crippen LogP contribution in [0.15, 0.2) is 24.3 Å². The first-order chi connectivity index (χ1) is 8.54. The molecule has 0 saturated heterocycles. The molecule has 0 bridgehead atoms. The Kier molecular flexibility index (Phi) is 5.49. The van der Waals surface area contributed by atoms with Crippen molar-refractivity contribution in [2.45, 2.75) is 33.3 Å². The highest BCUT2D eigenvalue weighted by molar-refractivity contribution is 5.75. The average molecular weight is 251 g/mol. The first kappa shape index (κ1) is 14.4. The van der Waals surface area contributed by atoms with Crippen molar-refractivity contribution in [3.05, 3.63) is 24.3 Å². The van der Waals surface area contributed by atoms with Crippen LogP contribution in [0.4, 0.5) is 5.69 Å². The Morgan fingerprint density at radius 1 is 1.33 bits per heavy atom. The fraction of sp³-hybridized carbons (Fsp3) is 0.500. The summed E-state index contributed by atoms with van der Waals surface area (Å²) in [7, 11) is 0. The predicted molar refractivity (Wildman–Crippen MR) is 71.4 cm³/mol. The van der Waals surface area contributed by atoms with Gasteiger partial charge < -0.3 is 15.2 Å². The van der Waals surface area contributed by atoms with Gasteiger partial charge in [-0.15, -0.1) is 0 Å². The fourth-order valence-electron chi connectivity index (χ4n) is 1.38. The van der Waals surface area contributed by atoms with E-state index in [9.17, 15) is 4.79 Å². The molecule has 0 amide bonds. The average Bonchev–Trinajstić information content (AvgIpc) is 2.35. The van der Waals surface area contributed by atoms with Crippen LogP contribution in [0.2, 0.25) is 0 Å². The Balaban J connectivity index is 2.62. The number of rotatable bonds is 6. The number of nitrogen functional groups attached to an aromatic ring is 1. The molecule has 0 aromatic heterocycles. The van der Waals surface area contributed by atoms with Gasteiger partial charge >= 0.3 is 5.97 Å². The second kappa shape index (κ2) is 6.89. The van der Waals surface area contributed by atoms with Crippen LogP contribution < -0.4 is 10.5 Å². The smallest absolute Gasteiger partial charge is 0.347 e. The molecular weight excluding hydrogens is 230 g/mol. The first-order valence-corrected chi connectivity index (χ1v) is 6.22. The van der Waals surface area contributed by atoms with Gasteiger partial charge in [-0.25, -0.2) is 4.79 Å². The summed E-state index contributed by atoms with van der Waals surface area (Å²) in [6, 6.07) is 7.12. The normalized spacial score (nSPS) is 12.2. The van der Waals surface area contributed by atoms with Crippen molar-refractivity contribution in [2.24, 2.45) is 5.92 Å². The van der Waals surface area contributed by atoms with Crippen LogP contribution in [0.3, 0.4) is 0 Å². The van der Waals surface area contributed by atoms with Crippen LogP contribution in [0.1, 0.15) is 27.2 Å². The summed E-state index contributed by atoms with van der Waals surface area (Å²) in [6.45, 7) is 6.26. The Morgan fingerprint density at radius 3 is 2.56 bits per heavy atom. The number of ether oxygens (including phenoxy) is 2. The number of esters is 1. The van der Waals surface area contributed by atoms with Crippen LogP contribution in [-0.4, -0.2) is 18.7 Å². The lowest BCUT2D eigenvalue weighted by Crippen LogP contribution is -2.30. The summed E-state index contributed by atoms with van der Waals surface area (Å²) in [6.07, 6.45) is -0.0564. The van der Waals surface area contributed by atoms with Crippen LogP contribution in [0.5, 0.6) is 5.75 Å². The molecule has 100 valence electrons. The number of para-hydroxylation sites is 2. The SMILES string of the molecule is CCC(Oc1ccccc1N)C(=O)OCC(C)C. The van der Waals surface area contributed by atoms with Crippen molar-refractivity contribution in [3.8, 4) is 5.75 Å². The number of hydrogen-bond donors (Lipinski definition) is 1. The summed E-state index contributed by atoms with van der Waals surface area (Å²) in [5.74, 6) is 0.494. The molecule has 1 unspecified atom stereocenters. The van der Waals surface area contributed by atoms with Gasteiger partial charge in [-0.2, -0.15) is 0 Å². The molecule has 0 spiro atoms. The van der Waals surface area contributed by atoms with Gasteiger partial charge in [0.25, 0.3) is 0 Å². The van der Waals surface area contributed by atoms with Crippen LogP contribution in [0.25, 0.3) is 0 Å². The van der Waals surface area contributed by atoms with Crippen molar-refractivity contribution >= 4 is 11.7 Å². The monoisotopic (exact) mass is 251 g/mol. The molecular formula is C14H21NO3. The summed E-state index contributed by atoms with van der Waals surface area (Å²) < 4.78 is 10.8. The summed E-state index contributed by atoms with van der Waals surface area (Å²) in [5.41, 5.74) is 6.29.